The molecule has 1 aromatic rings. The maximum absolute atomic E-state index is 12.1. The molecule has 7 heteroatoms. The summed E-state index contributed by atoms with van der Waals surface area (Å²) < 4.78 is 29.2. The summed E-state index contributed by atoms with van der Waals surface area (Å²) in [6.45, 7) is 7.37. The number of rotatable bonds is 9. The van der Waals surface area contributed by atoms with Crippen LogP contribution in [0.1, 0.15) is 56.5 Å². The zero-order chi connectivity index (χ0) is 16.8. The molecule has 0 aliphatic heterocycles. The summed E-state index contributed by atoms with van der Waals surface area (Å²) >= 11 is 0. The minimum absolute atomic E-state index is 0.00619. The molecule has 1 amide bonds. The molecule has 0 saturated carbocycles. The van der Waals surface area contributed by atoms with Gasteiger partial charge in [0.25, 0.3) is 0 Å². The van der Waals surface area contributed by atoms with Gasteiger partial charge >= 0.3 is 0 Å². The molecular weight excluding hydrogens is 304 g/mol. The minimum Gasteiger partial charge on any atom is -0.361 e. The SMILES string of the molecule is CCCCC[C@H](C)NC(=O)CS(=O)(=O)Cc1c(C)noc1C. The molecule has 1 atom stereocenters. The van der Waals surface area contributed by atoms with Crippen molar-refractivity contribution in [3.63, 3.8) is 0 Å². The second kappa shape index (κ2) is 8.31. The van der Waals surface area contributed by atoms with Crippen LogP contribution in [-0.2, 0) is 20.4 Å². The number of carbonyl (C=O) groups excluding carboxylic acids is 1. The number of hydrogen-bond donors (Lipinski definition) is 1. The summed E-state index contributed by atoms with van der Waals surface area (Å²) in [5, 5.41) is 6.48. The third kappa shape index (κ3) is 6.17. The van der Waals surface area contributed by atoms with Gasteiger partial charge in [-0.15, -0.1) is 0 Å². The van der Waals surface area contributed by atoms with Crippen LogP contribution >= 0.6 is 0 Å². The number of nitrogens with one attached hydrogen (secondary N) is 1. The molecule has 0 radical (unpaired) electrons. The fourth-order valence-corrected chi connectivity index (χ4v) is 3.70. The van der Waals surface area contributed by atoms with Crippen molar-refractivity contribution in [3.05, 3.63) is 17.0 Å². The molecule has 1 rings (SSSR count). The number of unbranched alkanes of at least 4 members (excludes halogenated alkanes) is 2. The summed E-state index contributed by atoms with van der Waals surface area (Å²) in [4.78, 5) is 11.9. The van der Waals surface area contributed by atoms with Gasteiger partial charge in [-0.1, -0.05) is 31.3 Å². The monoisotopic (exact) mass is 330 g/mol. The quantitative estimate of drug-likeness (QED) is 0.702. The molecule has 0 aliphatic carbocycles. The molecular formula is C15H26N2O4S. The number of sulfone groups is 1. The van der Waals surface area contributed by atoms with E-state index < -0.39 is 21.5 Å². The lowest BCUT2D eigenvalue weighted by Crippen LogP contribution is -2.37. The fourth-order valence-electron chi connectivity index (χ4n) is 2.27. The number of amides is 1. The van der Waals surface area contributed by atoms with Crippen LogP contribution in [0.3, 0.4) is 0 Å². The van der Waals surface area contributed by atoms with E-state index in [1.54, 1.807) is 13.8 Å². The normalized spacial score (nSPS) is 13.1. The highest BCUT2D eigenvalue weighted by molar-refractivity contribution is 7.91. The Bertz CT molecular complexity index is 573. The lowest BCUT2D eigenvalue weighted by atomic mass is 10.1. The first-order valence-corrected chi connectivity index (χ1v) is 9.48. The van der Waals surface area contributed by atoms with Gasteiger partial charge in [0, 0.05) is 11.6 Å². The Kier molecular flexibility index (Phi) is 7.06. The van der Waals surface area contributed by atoms with Gasteiger partial charge in [-0.3, -0.25) is 4.79 Å². The molecule has 1 N–H and O–H groups in total. The standard InChI is InChI=1S/C15H26N2O4S/c1-5-6-7-8-11(2)16-15(18)10-22(19,20)9-14-12(3)17-21-13(14)4/h11H,5-10H2,1-4H3,(H,16,18)/t11-/m0/s1. The van der Waals surface area contributed by atoms with Crippen molar-refractivity contribution in [3.8, 4) is 0 Å². The minimum atomic E-state index is -3.53. The lowest BCUT2D eigenvalue weighted by Gasteiger charge is -2.13. The molecule has 6 nitrogen and oxygen atoms in total. The van der Waals surface area contributed by atoms with Gasteiger partial charge in [-0.2, -0.15) is 0 Å². The van der Waals surface area contributed by atoms with Crippen molar-refractivity contribution in [1.82, 2.24) is 10.5 Å². The third-order valence-corrected chi connectivity index (χ3v) is 4.98. The van der Waals surface area contributed by atoms with Crippen molar-refractivity contribution in [1.29, 1.82) is 0 Å². The van der Waals surface area contributed by atoms with Gasteiger partial charge in [0.1, 0.15) is 11.5 Å². The molecule has 0 saturated heterocycles. The maximum atomic E-state index is 12.1. The van der Waals surface area contributed by atoms with Crippen LogP contribution in [0.2, 0.25) is 0 Å². The highest BCUT2D eigenvalue weighted by Crippen LogP contribution is 2.16. The van der Waals surface area contributed by atoms with Gasteiger partial charge < -0.3 is 9.84 Å². The average molecular weight is 330 g/mol. The van der Waals surface area contributed by atoms with E-state index in [0.717, 1.165) is 25.7 Å². The summed E-state index contributed by atoms with van der Waals surface area (Å²) in [6.07, 6.45) is 4.13. The molecule has 1 heterocycles. The van der Waals surface area contributed by atoms with Crippen LogP contribution in [0.25, 0.3) is 0 Å². The largest absolute Gasteiger partial charge is 0.361 e. The zero-order valence-corrected chi connectivity index (χ0v) is 14.6. The van der Waals surface area contributed by atoms with Gasteiger partial charge in [0.2, 0.25) is 5.91 Å². The third-order valence-electron chi connectivity index (χ3n) is 3.54. The van der Waals surface area contributed by atoms with Crippen molar-refractivity contribution in [2.24, 2.45) is 0 Å². The Morgan fingerprint density at radius 1 is 1.32 bits per heavy atom. The highest BCUT2D eigenvalue weighted by atomic mass is 32.2. The van der Waals surface area contributed by atoms with Crippen molar-refractivity contribution in [2.75, 3.05) is 5.75 Å². The smallest absolute Gasteiger partial charge is 0.235 e. The summed E-state index contributed by atoms with van der Waals surface area (Å²) in [5.74, 6) is -0.689. The number of aromatic nitrogens is 1. The molecule has 0 unspecified atom stereocenters. The second-order valence-electron chi connectivity index (χ2n) is 5.80. The van der Waals surface area contributed by atoms with Crippen LogP contribution in [-0.4, -0.2) is 31.3 Å². The Balaban J connectivity index is 2.52. The topological polar surface area (TPSA) is 89.3 Å². The first-order chi connectivity index (χ1) is 10.2. The molecule has 0 aliphatic rings. The predicted octanol–water partition coefficient (Wildman–Crippen LogP) is 2.29. The van der Waals surface area contributed by atoms with Crippen LogP contribution in [0.15, 0.2) is 4.52 Å². The van der Waals surface area contributed by atoms with E-state index in [9.17, 15) is 13.2 Å². The summed E-state index contributed by atoms with van der Waals surface area (Å²) in [5.41, 5.74) is 1.10. The predicted molar refractivity (Wildman–Crippen MR) is 85.2 cm³/mol. The Morgan fingerprint density at radius 2 is 2.00 bits per heavy atom. The van der Waals surface area contributed by atoms with Gasteiger partial charge in [-0.25, -0.2) is 8.42 Å². The molecule has 0 bridgehead atoms. The van der Waals surface area contributed by atoms with Crippen LogP contribution < -0.4 is 5.32 Å². The Labute approximate surface area is 132 Å². The Morgan fingerprint density at radius 3 is 2.55 bits per heavy atom. The molecule has 0 fully saturated rings. The van der Waals surface area contributed by atoms with Crippen LogP contribution in [0.5, 0.6) is 0 Å². The first kappa shape index (κ1) is 18.7. The zero-order valence-electron chi connectivity index (χ0n) is 13.8. The van der Waals surface area contributed by atoms with E-state index in [-0.39, 0.29) is 11.8 Å². The average Bonchev–Trinajstić information content (AvgIpc) is 2.69. The van der Waals surface area contributed by atoms with Crippen LogP contribution in [0, 0.1) is 13.8 Å². The first-order valence-electron chi connectivity index (χ1n) is 7.66. The van der Waals surface area contributed by atoms with Crippen molar-refractivity contribution < 1.29 is 17.7 Å². The molecule has 1 aromatic heterocycles. The van der Waals surface area contributed by atoms with E-state index in [1.165, 1.54) is 0 Å². The summed E-state index contributed by atoms with van der Waals surface area (Å²) in [7, 11) is -3.53. The van der Waals surface area contributed by atoms with E-state index in [4.69, 9.17) is 4.52 Å². The lowest BCUT2D eigenvalue weighted by molar-refractivity contribution is -0.119. The van der Waals surface area contributed by atoms with Gasteiger partial charge in [-0.05, 0) is 27.2 Å². The van der Waals surface area contributed by atoms with Gasteiger partial charge in [0.05, 0.1) is 11.4 Å². The van der Waals surface area contributed by atoms with E-state index in [2.05, 4.69) is 17.4 Å². The summed E-state index contributed by atoms with van der Waals surface area (Å²) in [6, 6.07) is -0.00619. The fraction of sp³-hybridized carbons (Fsp3) is 0.733. The van der Waals surface area contributed by atoms with Crippen LogP contribution in [0.4, 0.5) is 0 Å². The van der Waals surface area contributed by atoms with Crippen molar-refractivity contribution in [2.45, 2.75) is 65.2 Å². The molecule has 0 aromatic carbocycles. The van der Waals surface area contributed by atoms with E-state index >= 15 is 0 Å². The van der Waals surface area contributed by atoms with Gasteiger partial charge in [0.15, 0.2) is 9.84 Å². The van der Waals surface area contributed by atoms with E-state index in [1.807, 2.05) is 6.92 Å². The van der Waals surface area contributed by atoms with E-state index in [0.29, 0.717) is 17.0 Å². The molecule has 0 spiro atoms. The second-order valence-corrected chi connectivity index (χ2v) is 7.86. The Hall–Kier alpha value is -1.37. The molecule has 22 heavy (non-hydrogen) atoms. The molecule has 126 valence electrons. The maximum Gasteiger partial charge on any atom is 0.235 e. The number of aryl methyl sites for hydroxylation is 2. The number of carbonyl (C=O) groups is 1. The number of nitrogens with zero attached hydrogens (tertiary/aromatic N) is 1. The number of hydrogen-bond acceptors (Lipinski definition) is 5. The van der Waals surface area contributed by atoms with Crippen molar-refractivity contribution >= 4 is 15.7 Å². The highest BCUT2D eigenvalue weighted by Gasteiger charge is 2.22.